The maximum atomic E-state index is 12.8. The lowest BCUT2D eigenvalue weighted by atomic mass is 10.1. The van der Waals surface area contributed by atoms with E-state index >= 15 is 0 Å². The summed E-state index contributed by atoms with van der Waals surface area (Å²) in [5.74, 6) is 0.850. The van der Waals surface area contributed by atoms with Crippen LogP contribution in [0.5, 0.6) is 0 Å². The Balaban J connectivity index is 1.53. The highest BCUT2D eigenvalue weighted by Crippen LogP contribution is 2.33. The van der Waals surface area contributed by atoms with Gasteiger partial charge in [0, 0.05) is 18.1 Å². The van der Waals surface area contributed by atoms with Gasteiger partial charge in [-0.05, 0) is 36.1 Å². The van der Waals surface area contributed by atoms with Crippen LogP contribution in [0.2, 0.25) is 5.02 Å². The van der Waals surface area contributed by atoms with Crippen molar-refractivity contribution in [3.05, 3.63) is 52.7 Å². The molecule has 1 atom stereocenters. The third-order valence-corrected chi connectivity index (χ3v) is 7.06. The Morgan fingerprint density at radius 3 is 2.88 bits per heavy atom. The van der Waals surface area contributed by atoms with Crippen molar-refractivity contribution in [1.29, 1.82) is 0 Å². The predicted molar refractivity (Wildman–Crippen MR) is 95.2 cm³/mol. The quantitative estimate of drug-likeness (QED) is 0.674. The van der Waals surface area contributed by atoms with Crippen LogP contribution in [0, 0.1) is 0 Å². The van der Waals surface area contributed by atoms with E-state index in [1.165, 1.54) is 21.7 Å². The highest BCUT2D eigenvalue weighted by Gasteiger charge is 2.35. The summed E-state index contributed by atoms with van der Waals surface area (Å²) in [4.78, 5) is 1.10. The third kappa shape index (κ3) is 3.22. The molecular weight excluding hydrogens is 382 g/mol. The van der Waals surface area contributed by atoms with Crippen LogP contribution in [-0.2, 0) is 10.0 Å². The Labute approximate surface area is 154 Å². The second-order valence-electron chi connectivity index (χ2n) is 5.73. The number of hydrogen-bond donors (Lipinski definition) is 0. The smallest absolute Gasteiger partial charge is 0.257 e. The summed E-state index contributed by atoms with van der Waals surface area (Å²) in [5.41, 5.74) is 0. The minimum absolute atomic E-state index is 0.102. The van der Waals surface area contributed by atoms with Crippen LogP contribution < -0.4 is 0 Å². The first kappa shape index (κ1) is 16.7. The largest absolute Gasteiger partial charge is 0.420 e. The average Bonchev–Trinajstić information content (AvgIpc) is 3.33. The maximum Gasteiger partial charge on any atom is 0.257 e. The molecule has 0 spiro atoms. The average molecular weight is 396 g/mol. The molecule has 0 N–H and O–H groups in total. The molecule has 4 rings (SSSR count). The molecule has 0 radical (unpaired) electrons. The summed E-state index contributed by atoms with van der Waals surface area (Å²) in [7, 11) is -3.58. The Kier molecular flexibility index (Phi) is 4.36. The molecule has 2 aromatic heterocycles. The SMILES string of the molecule is O=S(=O)(c1cccc(Cl)c1)N1CCC(c2nnc(-c3cccs3)o2)C1. The Morgan fingerprint density at radius 2 is 2.12 bits per heavy atom. The molecule has 1 saturated heterocycles. The van der Waals surface area contributed by atoms with E-state index in [2.05, 4.69) is 10.2 Å². The first-order chi connectivity index (χ1) is 12.0. The van der Waals surface area contributed by atoms with E-state index in [0.717, 1.165) is 4.88 Å². The molecule has 1 aliphatic heterocycles. The number of benzene rings is 1. The monoisotopic (exact) mass is 395 g/mol. The topological polar surface area (TPSA) is 76.3 Å². The summed E-state index contributed by atoms with van der Waals surface area (Å²) in [6.07, 6.45) is 0.645. The zero-order chi connectivity index (χ0) is 17.4. The second kappa shape index (κ2) is 6.53. The third-order valence-electron chi connectivity index (χ3n) is 4.11. The molecular formula is C16H14ClN3O3S2. The first-order valence-corrected chi connectivity index (χ1v) is 10.4. The van der Waals surface area contributed by atoms with Crippen LogP contribution in [0.25, 0.3) is 10.8 Å². The van der Waals surface area contributed by atoms with Gasteiger partial charge in [-0.15, -0.1) is 21.5 Å². The van der Waals surface area contributed by atoms with Crippen LogP contribution in [0.3, 0.4) is 0 Å². The van der Waals surface area contributed by atoms with Gasteiger partial charge in [-0.1, -0.05) is 23.7 Å². The lowest BCUT2D eigenvalue weighted by molar-refractivity contribution is 0.440. The highest BCUT2D eigenvalue weighted by molar-refractivity contribution is 7.89. The van der Waals surface area contributed by atoms with E-state index in [-0.39, 0.29) is 10.8 Å². The van der Waals surface area contributed by atoms with Crippen LogP contribution in [0.4, 0.5) is 0 Å². The molecule has 1 fully saturated rings. The summed E-state index contributed by atoms with van der Waals surface area (Å²) in [6, 6.07) is 10.1. The summed E-state index contributed by atoms with van der Waals surface area (Å²) < 4.78 is 32.7. The van der Waals surface area contributed by atoms with Crippen molar-refractivity contribution in [1.82, 2.24) is 14.5 Å². The fraction of sp³-hybridized carbons (Fsp3) is 0.250. The molecule has 0 amide bonds. The standard InChI is InChI=1S/C16H14ClN3O3S2/c17-12-3-1-4-13(9-12)25(21,22)20-7-6-11(10-20)15-18-19-16(23-15)14-5-2-8-24-14/h1-5,8-9,11H,6-7,10H2. The number of thiophene rings is 1. The van der Waals surface area contributed by atoms with Gasteiger partial charge in [-0.25, -0.2) is 8.42 Å². The van der Waals surface area contributed by atoms with Crippen molar-refractivity contribution in [2.45, 2.75) is 17.2 Å². The van der Waals surface area contributed by atoms with E-state index in [1.54, 1.807) is 18.2 Å². The van der Waals surface area contributed by atoms with E-state index < -0.39 is 10.0 Å². The summed E-state index contributed by atoms with van der Waals surface area (Å²) >= 11 is 7.44. The van der Waals surface area contributed by atoms with E-state index in [1.807, 2.05) is 17.5 Å². The number of hydrogen-bond acceptors (Lipinski definition) is 6. The van der Waals surface area contributed by atoms with Crippen molar-refractivity contribution in [3.8, 4) is 10.8 Å². The maximum absolute atomic E-state index is 12.8. The van der Waals surface area contributed by atoms with Crippen molar-refractivity contribution in [2.24, 2.45) is 0 Å². The van der Waals surface area contributed by atoms with Gasteiger partial charge in [-0.2, -0.15) is 4.31 Å². The number of sulfonamides is 1. The van der Waals surface area contributed by atoms with E-state index in [9.17, 15) is 8.42 Å². The molecule has 25 heavy (non-hydrogen) atoms. The van der Waals surface area contributed by atoms with Gasteiger partial charge in [0.05, 0.1) is 15.7 Å². The molecule has 1 unspecified atom stereocenters. The zero-order valence-corrected chi connectivity index (χ0v) is 15.4. The molecule has 1 aromatic carbocycles. The molecule has 0 aliphatic carbocycles. The van der Waals surface area contributed by atoms with Crippen molar-refractivity contribution < 1.29 is 12.8 Å². The highest BCUT2D eigenvalue weighted by atomic mass is 35.5. The summed E-state index contributed by atoms with van der Waals surface area (Å²) in [6.45, 7) is 0.733. The van der Waals surface area contributed by atoms with Crippen molar-refractivity contribution >= 4 is 33.0 Å². The molecule has 3 aromatic rings. The Bertz CT molecular complexity index is 986. The predicted octanol–water partition coefficient (Wildman–Crippen LogP) is 3.63. The van der Waals surface area contributed by atoms with Crippen molar-refractivity contribution in [3.63, 3.8) is 0 Å². The van der Waals surface area contributed by atoms with Gasteiger partial charge in [0.2, 0.25) is 15.9 Å². The number of halogens is 1. The van der Waals surface area contributed by atoms with Crippen LogP contribution in [0.1, 0.15) is 18.2 Å². The van der Waals surface area contributed by atoms with Gasteiger partial charge in [-0.3, -0.25) is 0 Å². The molecule has 1 aliphatic rings. The minimum Gasteiger partial charge on any atom is -0.420 e. The minimum atomic E-state index is -3.58. The normalized spacial score (nSPS) is 18.7. The van der Waals surface area contributed by atoms with E-state index in [4.69, 9.17) is 16.0 Å². The second-order valence-corrected chi connectivity index (χ2v) is 9.05. The fourth-order valence-electron chi connectivity index (χ4n) is 2.82. The summed E-state index contributed by atoms with van der Waals surface area (Å²) in [5, 5.41) is 10.5. The van der Waals surface area contributed by atoms with Crippen molar-refractivity contribution in [2.75, 3.05) is 13.1 Å². The number of nitrogens with zero attached hydrogens (tertiary/aromatic N) is 3. The molecule has 0 bridgehead atoms. The Hall–Kier alpha value is -1.74. The van der Waals surface area contributed by atoms with Gasteiger partial charge in [0.1, 0.15) is 0 Å². The Morgan fingerprint density at radius 1 is 1.24 bits per heavy atom. The van der Waals surface area contributed by atoms with Crippen LogP contribution in [-0.4, -0.2) is 36.0 Å². The lowest BCUT2D eigenvalue weighted by Crippen LogP contribution is -2.28. The van der Waals surface area contributed by atoms with E-state index in [0.29, 0.717) is 36.3 Å². The van der Waals surface area contributed by atoms with Gasteiger partial charge in [0.25, 0.3) is 5.89 Å². The van der Waals surface area contributed by atoms with Crippen LogP contribution in [0.15, 0.2) is 51.1 Å². The number of rotatable bonds is 4. The first-order valence-electron chi connectivity index (χ1n) is 7.67. The van der Waals surface area contributed by atoms with Gasteiger partial charge in [0.15, 0.2) is 0 Å². The molecule has 0 saturated carbocycles. The molecule has 6 nitrogen and oxygen atoms in total. The number of aromatic nitrogens is 2. The molecule has 9 heteroatoms. The van der Waals surface area contributed by atoms with Gasteiger partial charge < -0.3 is 4.42 Å². The van der Waals surface area contributed by atoms with Gasteiger partial charge >= 0.3 is 0 Å². The fourth-order valence-corrected chi connectivity index (χ4v) is 5.27. The zero-order valence-electron chi connectivity index (χ0n) is 13.0. The molecule has 3 heterocycles. The molecule has 130 valence electrons. The lowest BCUT2D eigenvalue weighted by Gasteiger charge is -2.16. The van der Waals surface area contributed by atoms with Crippen LogP contribution >= 0.6 is 22.9 Å².